The van der Waals surface area contributed by atoms with Crippen molar-refractivity contribution >= 4 is 5.97 Å². The van der Waals surface area contributed by atoms with Crippen LogP contribution in [0, 0.1) is 0 Å². The topological polar surface area (TPSA) is 59.0 Å². The minimum Gasteiger partial charge on any atom is -0.481 e. The average molecular weight is 293 g/mol. The SMILES string of the molecule is CCN(CC)Cc1cc2c(cc1CCCC(=O)O)OCO2. The van der Waals surface area contributed by atoms with Crippen LogP contribution >= 0.6 is 0 Å². The van der Waals surface area contributed by atoms with E-state index in [4.69, 9.17) is 14.6 Å². The van der Waals surface area contributed by atoms with E-state index < -0.39 is 5.97 Å². The molecule has 0 fully saturated rings. The molecule has 1 aromatic carbocycles. The number of carboxylic acids is 1. The number of hydrogen-bond donors (Lipinski definition) is 1. The Kier molecular flexibility index (Phi) is 5.44. The molecule has 1 aliphatic heterocycles. The van der Waals surface area contributed by atoms with E-state index in [9.17, 15) is 4.79 Å². The van der Waals surface area contributed by atoms with Crippen molar-refractivity contribution in [2.75, 3.05) is 19.9 Å². The van der Waals surface area contributed by atoms with Crippen LogP contribution in [0.4, 0.5) is 0 Å². The van der Waals surface area contributed by atoms with Crippen LogP contribution in [-0.2, 0) is 17.8 Å². The van der Waals surface area contributed by atoms with E-state index in [1.807, 2.05) is 12.1 Å². The van der Waals surface area contributed by atoms with Crippen molar-refractivity contribution in [1.82, 2.24) is 4.90 Å². The molecule has 116 valence electrons. The van der Waals surface area contributed by atoms with Gasteiger partial charge < -0.3 is 14.6 Å². The number of hydrogen-bond acceptors (Lipinski definition) is 4. The smallest absolute Gasteiger partial charge is 0.303 e. The molecule has 2 rings (SSSR count). The van der Waals surface area contributed by atoms with E-state index in [2.05, 4.69) is 18.7 Å². The summed E-state index contributed by atoms with van der Waals surface area (Å²) in [5.74, 6) is 0.809. The van der Waals surface area contributed by atoms with Crippen molar-refractivity contribution < 1.29 is 19.4 Å². The van der Waals surface area contributed by atoms with Crippen molar-refractivity contribution in [3.63, 3.8) is 0 Å². The zero-order valence-corrected chi connectivity index (χ0v) is 12.7. The van der Waals surface area contributed by atoms with Crippen molar-refractivity contribution in [1.29, 1.82) is 0 Å². The molecule has 0 unspecified atom stereocenters. The van der Waals surface area contributed by atoms with Gasteiger partial charge in [-0.2, -0.15) is 0 Å². The zero-order chi connectivity index (χ0) is 15.2. The number of rotatable bonds is 8. The number of aryl methyl sites for hydroxylation is 1. The molecule has 0 bridgehead atoms. The van der Waals surface area contributed by atoms with E-state index in [-0.39, 0.29) is 13.2 Å². The van der Waals surface area contributed by atoms with Gasteiger partial charge in [0.05, 0.1) is 0 Å². The quantitative estimate of drug-likeness (QED) is 0.798. The second kappa shape index (κ2) is 7.31. The fourth-order valence-corrected chi connectivity index (χ4v) is 2.52. The summed E-state index contributed by atoms with van der Waals surface area (Å²) in [6.07, 6.45) is 1.58. The van der Waals surface area contributed by atoms with Crippen LogP contribution in [-0.4, -0.2) is 35.9 Å². The molecule has 1 heterocycles. The predicted octanol–water partition coefficient (Wildman–Crippen LogP) is 2.66. The highest BCUT2D eigenvalue weighted by Crippen LogP contribution is 2.35. The van der Waals surface area contributed by atoms with Crippen LogP contribution in [0.3, 0.4) is 0 Å². The third-order valence-electron chi connectivity index (χ3n) is 3.82. The summed E-state index contributed by atoms with van der Waals surface area (Å²) in [5.41, 5.74) is 2.36. The number of nitrogens with zero attached hydrogens (tertiary/aromatic N) is 1. The highest BCUT2D eigenvalue weighted by molar-refractivity contribution is 5.66. The first kappa shape index (κ1) is 15.6. The van der Waals surface area contributed by atoms with E-state index in [1.54, 1.807) is 0 Å². The lowest BCUT2D eigenvalue weighted by Crippen LogP contribution is -2.22. The second-order valence-corrected chi connectivity index (χ2v) is 5.18. The summed E-state index contributed by atoms with van der Waals surface area (Å²) in [4.78, 5) is 13.0. The maximum absolute atomic E-state index is 10.7. The van der Waals surface area contributed by atoms with Crippen molar-refractivity contribution in [2.45, 2.75) is 39.7 Å². The first-order valence-corrected chi connectivity index (χ1v) is 7.49. The molecule has 5 heteroatoms. The van der Waals surface area contributed by atoms with Gasteiger partial charge in [0.25, 0.3) is 0 Å². The molecule has 0 saturated carbocycles. The maximum Gasteiger partial charge on any atom is 0.303 e. The molecule has 1 aliphatic rings. The summed E-state index contributed by atoms with van der Waals surface area (Å²) in [6, 6.07) is 4.04. The Hall–Kier alpha value is -1.75. The van der Waals surface area contributed by atoms with Gasteiger partial charge in [-0.3, -0.25) is 9.69 Å². The van der Waals surface area contributed by atoms with Gasteiger partial charge in [-0.25, -0.2) is 0 Å². The number of benzene rings is 1. The molecule has 0 radical (unpaired) electrons. The maximum atomic E-state index is 10.7. The molecule has 0 spiro atoms. The minimum atomic E-state index is -0.749. The summed E-state index contributed by atoms with van der Waals surface area (Å²) in [5, 5.41) is 8.78. The predicted molar refractivity (Wildman–Crippen MR) is 79.8 cm³/mol. The molecule has 0 amide bonds. The highest BCUT2D eigenvalue weighted by atomic mass is 16.7. The lowest BCUT2D eigenvalue weighted by molar-refractivity contribution is -0.137. The fourth-order valence-electron chi connectivity index (χ4n) is 2.52. The molecule has 21 heavy (non-hydrogen) atoms. The van der Waals surface area contributed by atoms with Gasteiger partial charge in [-0.1, -0.05) is 13.8 Å². The number of aliphatic carboxylic acids is 1. The molecule has 0 saturated heterocycles. The lowest BCUT2D eigenvalue weighted by Gasteiger charge is -2.20. The van der Waals surface area contributed by atoms with Crippen LogP contribution in [0.15, 0.2) is 12.1 Å². The molecule has 0 aliphatic carbocycles. The van der Waals surface area contributed by atoms with Crippen LogP contribution in [0.2, 0.25) is 0 Å². The fraction of sp³-hybridized carbons (Fsp3) is 0.562. The van der Waals surface area contributed by atoms with Crippen LogP contribution in [0.25, 0.3) is 0 Å². The van der Waals surface area contributed by atoms with Gasteiger partial charge >= 0.3 is 5.97 Å². The lowest BCUT2D eigenvalue weighted by atomic mass is 10.00. The third-order valence-corrected chi connectivity index (χ3v) is 3.82. The normalized spacial score (nSPS) is 12.9. The second-order valence-electron chi connectivity index (χ2n) is 5.18. The Labute approximate surface area is 125 Å². The first-order chi connectivity index (χ1) is 10.1. The van der Waals surface area contributed by atoms with E-state index in [0.717, 1.165) is 43.1 Å². The van der Waals surface area contributed by atoms with Gasteiger partial charge in [0.2, 0.25) is 6.79 Å². The summed E-state index contributed by atoms with van der Waals surface area (Å²) >= 11 is 0. The van der Waals surface area contributed by atoms with Crippen molar-refractivity contribution in [3.8, 4) is 11.5 Å². The summed E-state index contributed by atoms with van der Waals surface area (Å²) < 4.78 is 10.9. The third kappa shape index (κ3) is 4.11. The van der Waals surface area contributed by atoms with E-state index in [0.29, 0.717) is 6.42 Å². The number of carboxylic acid groups (broad SMARTS) is 1. The average Bonchev–Trinajstić information content (AvgIpc) is 2.91. The Morgan fingerprint density at radius 1 is 1.19 bits per heavy atom. The van der Waals surface area contributed by atoms with Crippen LogP contribution < -0.4 is 9.47 Å². The van der Waals surface area contributed by atoms with E-state index in [1.165, 1.54) is 5.56 Å². The van der Waals surface area contributed by atoms with E-state index >= 15 is 0 Å². The molecule has 0 atom stereocenters. The van der Waals surface area contributed by atoms with Crippen LogP contribution in [0.1, 0.15) is 37.8 Å². The highest BCUT2D eigenvalue weighted by Gasteiger charge is 2.18. The molecule has 5 nitrogen and oxygen atoms in total. The standard InChI is InChI=1S/C16H23NO4/c1-3-17(4-2)10-13-9-15-14(20-11-21-15)8-12(13)6-5-7-16(18)19/h8-9H,3-7,10-11H2,1-2H3,(H,18,19). The van der Waals surface area contributed by atoms with Crippen molar-refractivity contribution in [3.05, 3.63) is 23.3 Å². The Morgan fingerprint density at radius 3 is 2.38 bits per heavy atom. The number of ether oxygens (including phenoxy) is 2. The van der Waals surface area contributed by atoms with Gasteiger partial charge in [-0.05, 0) is 49.2 Å². The van der Waals surface area contributed by atoms with Gasteiger partial charge in [0, 0.05) is 13.0 Å². The summed E-state index contributed by atoms with van der Waals surface area (Å²) in [6.45, 7) is 7.37. The first-order valence-electron chi connectivity index (χ1n) is 7.49. The number of fused-ring (bicyclic) bond motifs is 1. The minimum absolute atomic E-state index is 0.194. The van der Waals surface area contributed by atoms with Crippen molar-refractivity contribution in [2.24, 2.45) is 0 Å². The molecule has 1 N–H and O–H groups in total. The largest absolute Gasteiger partial charge is 0.481 e. The number of carbonyl (C=O) groups is 1. The molecule has 1 aromatic rings. The molecule has 0 aromatic heterocycles. The monoisotopic (exact) mass is 293 g/mol. The Balaban J connectivity index is 2.16. The van der Waals surface area contributed by atoms with Crippen LogP contribution in [0.5, 0.6) is 11.5 Å². The Morgan fingerprint density at radius 2 is 1.81 bits per heavy atom. The summed E-state index contributed by atoms with van der Waals surface area (Å²) in [7, 11) is 0. The Bertz CT molecular complexity index is 497. The van der Waals surface area contributed by atoms with Gasteiger partial charge in [0.15, 0.2) is 11.5 Å². The van der Waals surface area contributed by atoms with Gasteiger partial charge in [-0.15, -0.1) is 0 Å². The molecular formula is C16H23NO4. The zero-order valence-electron chi connectivity index (χ0n) is 12.7. The van der Waals surface area contributed by atoms with Gasteiger partial charge in [0.1, 0.15) is 0 Å². The molecular weight excluding hydrogens is 270 g/mol.